The molecule has 5 nitrogen and oxygen atoms in total. The van der Waals surface area contributed by atoms with Gasteiger partial charge in [-0.15, -0.1) is 10.2 Å². The maximum Gasteiger partial charge on any atom is 0.192 e. The van der Waals surface area contributed by atoms with Crippen LogP contribution in [0.2, 0.25) is 0 Å². The van der Waals surface area contributed by atoms with Gasteiger partial charge in [0, 0.05) is 11.6 Å². The summed E-state index contributed by atoms with van der Waals surface area (Å²) in [5, 5.41) is 9.25. The number of methoxy groups -OCH3 is 1. The van der Waals surface area contributed by atoms with Crippen LogP contribution in [0.25, 0.3) is 0 Å². The van der Waals surface area contributed by atoms with E-state index in [0.717, 1.165) is 16.7 Å². The molecule has 6 heteroatoms. The molecule has 2 aromatic rings. The first kappa shape index (κ1) is 18.0. The first-order chi connectivity index (χ1) is 12.1. The fraction of sp³-hybridized carbons (Fsp3) is 0.526. The second kappa shape index (κ2) is 8.04. The number of nitrogens with zero attached hydrogens (tertiary/aromatic N) is 3. The molecule has 0 unspecified atom stereocenters. The highest BCUT2D eigenvalue weighted by atomic mass is 32.2. The summed E-state index contributed by atoms with van der Waals surface area (Å²) < 4.78 is 7.39. The molecule has 1 heterocycles. The Hall–Kier alpha value is -1.82. The van der Waals surface area contributed by atoms with Crippen molar-refractivity contribution in [1.82, 2.24) is 14.8 Å². The molecule has 0 saturated heterocycles. The number of benzene rings is 1. The van der Waals surface area contributed by atoms with Crippen LogP contribution in [0.3, 0.4) is 0 Å². The largest absolute Gasteiger partial charge is 0.497 e. The number of aromatic nitrogens is 3. The van der Waals surface area contributed by atoms with Gasteiger partial charge in [0.25, 0.3) is 0 Å². The van der Waals surface area contributed by atoms with E-state index in [1.807, 2.05) is 38.1 Å². The quantitative estimate of drug-likeness (QED) is 0.563. The minimum Gasteiger partial charge on any atom is -0.497 e. The van der Waals surface area contributed by atoms with Crippen LogP contribution < -0.4 is 4.74 Å². The lowest BCUT2D eigenvalue weighted by Crippen LogP contribution is -2.18. The highest BCUT2D eigenvalue weighted by Gasteiger charge is 2.25. The molecule has 1 aliphatic carbocycles. The number of Topliss-reactive ketones (excluding diaryl/α,β-unsaturated/α-hetero) is 1. The lowest BCUT2D eigenvalue weighted by Gasteiger charge is -2.25. The van der Waals surface area contributed by atoms with Gasteiger partial charge < -0.3 is 9.30 Å². The van der Waals surface area contributed by atoms with Gasteiger partial charge in [-0.3, -0.25) is 4.79 Å². The topological polar surface area (TPSA) is 57.0 Å². The van der Waals surface area contributed by atoms with Crippen LogP contribution in [-0.2, 0) is 0 Å². The summed E-state index contributed by atoms with van der Waals surface area (Å²) in [6, 6.07) is 7.73. The Labute approximate surface area is 153 Å². The number of hydrogen-bond acceptors (Lipinski definition) is 5. The predicted octanol–water partition coefficient (Wildman–Crippen LogP) is 4.46. The van der Waals surface area contributed by atoms with Crippen molar-refractivity contribution in [2.75, 3.05) is 7.11 Å². The molecule has 1 fully saturated rings. The van der Waals surface area contributed by atoms with Gasteiger partial charge in [-0.25, -0.2) is 0 Å². The van der Waals surface area contributed by atoms with Crippen molar-refractivity contribution in [2.24, 2.45) is 0 Å². The average molecular weight is 359 g/mol. The number of ether oxygens (including phenoxy) is 1. The van der Waals surface area contributed by atoms with Gasteiger partial charge in [0.2, 0.25) is 0 Å². The van der Waals surface area contributed by atoms with E-state index in [-0.39, 0.29) is 11.0 Å². The zero-order chi connectivity index (χ0) is 17.8. The van der Waals surface area contributed by atoms with Crippen molar-refractivity contribution in [3.8, 4) is 5.75 Å². The lowest BCUT2D eigenvalue weighted by atomic mass is 9.95. The van der Waals surface area contributed by atoms with Crippen LogP contribution in [-0.4, -0.2) is 32.9 Å². The normalized spacial score (nSPS) is 16.6. The van der Waals surface area contributed by atoms with Crippen molar-refractivity contribution in [1.29, 1.82) is 0 Å². The summed E-state index contributed by atoms with van der Waals surface area (Å²) in [5.74, 6) is 1.80. The smallest absolute Gasteiger partial charge is 0.192 e. The number of thioether (sulfide) groups is 1. The second-order valence-electron chi connectivity index (χ2n) is 6.54. The van der Waals surface area contributed by atoms with E-state index in [4.69, 9.17) is 4.74 Å². The Morgan fingerprint density at radius 3 is 2.52 bits per heavy atom. The zero-order valence-electron chi connectivity index (χ0n) is 15.1. The van der Waals surface area contributed by atoms with Crippen LogP contribution in [0.15, 0.2) is 29.4 Å². The summed E-state index contributed by atoms with van der Waals surface area (Å²) in [7, 11) is 1.62. The molecular formula is C19H25N3O2S. The molecule has 0 aliphatic heterocycles. The molecule has 1 aromatic heterocycles. The first-order valence-electron chi connectivity index (χ1n) is 8.86. The number of rotatable bonds is 6. The zero-order valence-corrected chi connectivity index (χ0v) is 15.9. The van der Waals surface area contributed by atoms with Crippen LogP contribution in [0.5, 0.6) is 5.75 Å². The third-order valence-corrected chi connectivity index (χ3v) is 5.86. The Morgan fingerprint density at radius 2 is 1.88 bits per heavy atom. The van der Waals surface area contributed by atoms with E-state index in [9.17, 15) is 4.79 Å². The Morgan fingerprint density at radius 1 is 1.20 bits per heavy atom. The number of aryl methyl sites for hydroxylation is 1. The molecule has 1 atom stereocenters. The number of carbonyl (C=O) groups is 1. The summed E-state index contributed by atoms with van der Waals surface area (Å²) >= 11 is 1.51. The van der Waals surface area contributed by atoms with Gasteiger partial charge in [0.1, 0.15) is 11.6 Å². The number of carbonyl (C=O) groups excluding carboxylic acids is 1. The van der Waals surface area contributed by atoms with E-state index in [1.54, 1.807) is 7.11 Å². The van der Waals surface area contributed by atoms with E-state index >= 15 is 0 Å². The molecular weight excluding hydrogens is 334 g/mol. The molecule has 1 saturated carbocycles. The average Bonchev–Trinajstić information content (AvgIpc) is 3.02. The molecule has 0 bridgehead atoms. The molecule has 0 radical (unpaired) electrons. The summed E-state index contributed by atoms with van der Waals surface area (Å²) in [6.45, 7) is 3.94. The SMILES string of the molecule is COc1ccc(C(=O)[C@@H](C)Sc2nnc(C)n2C2CCCCC2)cc1. The summed E-state index contributed by atoms with van der Waals surface area (Å²) in [6.07, 6.45) is 6.17. The van der Waals surface area contributed by atoms with Gasteiger partial charge in [-0.05, 0) is 51.0 Å². The van der Waals surface area contributed by atoms with Crippen molar-refractivity contribution < 1.29 is 9.53 Å². The molecule has 0 amide bonds. The maximum atomic E-state index is 12.7. The standard InChI is InChI=1S/C19H25N3O2S/c1-13(18(23)15-9-11-17(24-3)12-10-15)25-19-21-20-14(2)22(19)16-7-5-4-6-8-16/h9-13,16H,4-8H2,1-3H3/t13-/m1/s1. The third-order valence-electron chi connectivity index (χ3n) is 4.80. The van der Waals surface area contributed by atoms with Gasteiger partial charge in [0.05, 0.1) is 12.4 Å². The van der Waals surface area contributed by atoms with Gasteiger partial charge in [0.15, 0.2) is 10.9 Å². The van der Waals surface area contributed by atoms with Crippen LogP contribution in [0, 0.1) is 6.92 Å². The Bertz CT molecular complexity index is 721. The highest BCUT2D eigenvalue weighted by Crippen LogP contribution is 2.34. The van der Waals surface area contributed by atoms with Gasteiger partial charge >= 0.3 is 0 Å². The van der Waals surface area contributed by atoms with Crippen LogP contribution >= 0.6 is 11.8 Å². The predicted molar refractivity (Wildman–Crippen MR) is 99.5 cm³/mol. The third kappa shape index (κ3) is 4.06. The second-order valence-corrected chi connectivity index (χ2v) is 7.85. The van der Waals surface area contributed by atoms with Gasteiger partial charge in [-0.1, -0.05) is 31.0 Å². The number of ketones is 1. The van der Waals surface area contributed by atoms with Crippen molar-refractivity contribution >= 4 is 17.5 Å². The molecule has 0 spiro atoms. The molecule has 1 aliphatic rings. The minimum absolute atomic E-state index is 0.100. The Balaban J connectivity index is 1.74. The van der Waals surface area contributed by atoms with Crippen molar-refractivity contribution in [3.63, 3.8) is 0 Å². The summed E-state index contributed by atoms with van der Waals surface area (Å²) in [5.41, 5.74) is 0.696. The van der Waals surface area contributed by atoms with E-state index in [2.05, 4.69) is 14.8 Å². The first-order valence-corrected chi connectivity index (χ1v) is 9.74. The van der Waals surface area contributed by atoms with E-state index in [1.165, 1.54) is 43.9 Å². The lowest BCUT2D eigenvalue weighted by molar-refractivity contribution is 0.0993. The van der Waals surface area contributed by atoms with Crippen molar-refractivity contribution in [2.45, 2.75) is 62.4 Å². The maximum absolute atomic E-state index is 12.7. The highest BCUT2D eigenvalue weighted by molar-refractivity contribution is 8.00. The molecule has 134 valence electrons. The molecule has 25 heavy (non-hydrogen) atoms. The molecule has 3 rings (SSSR count). The monoisotopic (exact) mass is 359 g/mol. The van der Waals surface area contributed by atoms with Crippen LogP contribution in [0.4, 0.5) is 0 Å². The van der Waals surface area contributed by atoms with Crippen LogP contribution in [0.1, 0.15) is 61.3 Å². The van der Waals surface area contributed by atoms with Crippen molar-refractivity contribution in [3.05, 3.63) is 35.7 Å². The number of hydrogen-bond donors (Lipinski definition) is 0. The fourth-order valence-corrected chi connectivity index (χ4v) is 4.43. The van der Waals surface area contributed by atoms with E-state index < -0.39 is 0 Å². The fourth-order valence-electron chi connectivity index (χ4n) is 3.39. The minimum atomic E-state index is -0.209. The molecule has 0 N–H and O–H groups in total. The van der Waals surface area contributed by atoms with Gasteiger partial charge in [-0.2, -0.15) is 0 Å². The molecule has 1 aromatic carbocycles. The summed E-state index contributed by atoms with van der Waals surface area (Å²) in [4.78, 5) is 12.7. The van der Waals surface area contributed by atoms with E-state index in [0.29, 0.717) is 11.6 Å². The Kier molecular flexibility index (Phi) is 5.78.